The predicted octanol–water partition coefficient (Wildman–Crippen LogP) is 1.34. The number of hydrogen-bond donors (Lipinski definition) is 1. The van der Waals surface area contributed by atoms with Gasteiger partial charge < -0.3 is 10.5 Å². The average molecular weight is 163 g/mol. The number of para-hydroxylation sites is 1. The topological polar surface area (TPSA) is 35.2 Å². The van der Waals surface area contributed by atoms with E-state index in [2.05, 4.69) is 6.07 Å². The third-order valence-electron chi connectivity index (χ3n) is 2.20. The zero-order valence-electron chi connectivity index (χ0n) is 6.99. The van der Waals surface area contributed by atoms with E-state index >= 15 is 0 Å². The largest absolute Gasteiger partial charge is 0.490 e. The highest BCUT2D eigenvalue weighted by atomic mass is 16.5. The van der Waals surface area contributed by atoms with Crippen molar-refractivity contribution < 1.29 is 4.74 Å². The number of benzene rings is 1. The molecule has 0 saturated heterocycles. The molecule has 1 aromatic carbocycles. The Morgan fingerprint density at radius 3 is 3.00 bits per heavy atom. The third-order valence-corrected chi connectivity index (χ3v) is 2.20. The van der Waals surface area contributed by atoms with Crippen molar-refractivity contribution in [3.05, 3.63) is 29.8 Å². The summed E-state index contributed by atoms with van der Waals surface area (Å²) < 4.78 is 5.67. The van der Waals surface area contributed by atoms with Crippen LogP contribution in [0.15, 0.2) is 24.3 Å². The molecule has 2 N–H and O–H groups in total. The second-order valence-corrected chi connectivity index (χ2v) is 3.13. The minimum Gasteiger partial charge on any atom is -0.490 e. The Labute approximate surface area is 72.3 Å². The van der Waals surface area contributed by atoms with Crippen LogP contribution in [0.1, 0.15) is 12.0 Å². The summed E-state index contributed by atoms with van der Waals surface area (Å²) in [5.74, 6) is 1.04. The summed E-state index contributed by atoms with van der Waals surface area (Å²) in [6, 6.07) is 8.19. The van der Waals surface area contributed by atoms with E-state index in [-0.39, 0.29) is 0 Å². The van der Waals surface area contributed by atoms with E-state index in [1.165, 1.54) is 5.56 Å². The molecule has 0 spiro atoms. The highest BCUT2D eigenvalue weighted by molar-refractivity contribution is 5.37. The Morgan fingerprint density at radius 2 is 2.25 bits per heavy atom. The van der Waals surface area contributed by atoms with Crippen molar-refractivity contribution in [3.63, 3.8) is 0 Å². The first-order chi connectivity index (χ1) is 5.90. The second-order valence-electron chi connectivity index (χ2n) is 3.13. The molecule has 2 rings (SSSR count). The molecule has 0 amide bonds. The van der Waals surface area contributed by atoms with E-state index in [1.54, 1.807) is 0 Å². The van der Waals surface area contributed by atoms with Crippen LogP contribution in [-0.2, 0) is 6.42 Å². The number of hydrogen-bond acceptors (Lipinski definition) is 2. The van der Waals surface area contributed by atoms with Crippen LogP contribution in [-0.4, -0.2) is 12.6 Å². The SMILES string of the molecule is NCCC1Cc2ccccc2O1. The van der Waals surface area contributed by atoms with Crippen molar-refractivity contribution in [2.75, 3.05) is 6.54 Å². The van der Waals surface area contributed by atoms with Gasteiger partial charge in [-0.1, -0.05) is 18.2 Å². The van der Waals surface area contributed by atoms with Gasteiger partial charge in [-0.05, 0) is 24.6 Å². The van der Waals surface area contributed by atoms with Crippen LogP contribution in [0.4, 0.5) is 0 Å². The maximum absolute atomic E-state index is 5.67. The lowest BCUT2D eigenvalue weighted by atomic mass is 10.1. The van der Waals surface area contributed by atoms with Crippen LogP contribution in [0.2, 0.25) is 0 Å². The van der Waals surface area contributed by atoms with E-state index in [0.29, 0.717) is 12.6 Å². The predicted molar refractivity (Wildman–Crippen MR) is 48.2 cm³/mol. The highest BCUT2D eigenvalue weighted by Gasteiger charge is 2.20. The monoisotopic (exact) mass is 163 g/mol. The van der Waals surface area contributed by atoms with Crippen molar-refractivity contribution in [2.24, 2.45) is 5.73 Å². The smallest absolute Gasteiger partial charge is 0.123 e. The molecule has 1 aliphatic heterocycles. The van der Waals surface area contributed by atoms with Gasteiger partial charge in [0.25, 0.3) is 0 Å². The summed E-state index contributed by atoms with van der Waals surface area (Å²) in [4.78, 5) is 0. The molecule has 0 fully saturated rings. The highest BCUT2D eigenvalue weighted by Crippen LogP contribution is 2.28. The Bertz CT molecular complexity index is 247. The van der Waals surface area contributed by atoms with E-state index in [4.69, 9.17) is 10.5 Å². The van der Waals surface area contributed by atoms with Gasteiger partial charge in [-0.25, -0.2) is 0 Å². The van der Waals surface area contributed by atoms with Crippen LogP contribution in [0.5, 0.6) is 5.75 Å². The zero-order chi connectivity index (χ0) is 8.39. The first-order valence-corrected chi connectivity index (χ1v) is 4.35. The number of ether oxygens (including phenoxy) is 1. The van der Waals surface area contributed by atoms with Gasteiger partial charge in [-0.3, -0.25) is 0 Å². The fourth-order valence-electron chi connectivity index (χ4n) is 1.60. The number of fused-ring (bicyclic) bond motifs is 1. The number of nitrogens with two attached hydrogens (primary N) is 1. The summed E-state index contributed by atoms with van der Waals surface area (Å²) in [5, 5.41) is 0. The van der Waals surface area contributed by atoms with Gasteiger partial charge in [-0.2, -0.15) is 0 Å². The molecule has 0 saturated carbocycles. The Hall–Kier alpha value is -1.02. The molecule has 1 atom stereocenters. The molecule has 2 nitrogen and oxygen atoms in total. The van der Waals surface area contributed by atoms with Crippen LogP contribution in [0.25, 0.3) is 0 Å². The third kappa shape index (κ3) is 1.30. The minimum absolute atomic E-state index is 0.312. The molecule has 1 aromatic rings. The molecule has 0 bridgehead atoms. The molecule has 1 unspecified atom stereocenters. The normalized spacial score (nSPS) is 20.2. The summed E-state index contributed by atoms with van der Waals surface area (Å²) >= 11 is 0. The summed E-state index contributed by atoms with van der Waals surface area (Å²) in [5.41, 5.74) is 6.78. The standard InChI is InChI=1S/C10H13NO/c11-6-5-9-7-8-3-1-2-4-10(8)12-9/h1-4,9H,5-7,11H2. The van der Waals surface area contributed by atoms with Crippen LogP contribution >= 0.6 is 0 Å². The molecule has 2 heteroatoms. The maximum Gasteiger partial charge on any atom is 0.123 e. The zero-order valence-corrected chi connectivity index (χ0v) is 6.99. The van der Waals surface area contributed by atoms with Gasteiger partial charge in [0.1, 0.15) is 11.9 Å². The van der Waals surface area contributed by atoms with Crippen molar-refractivity contribution in [1.29, 1.82) is 0 Å². The lowest BCUT2D eigenvalue weighted by molar-refractivity contribution is 0.224. The first kappa shape index (κ1) is 7.62. The van der Waals surface area contributed by atoms with Gasteiger partial charge in [-0.15, -0.1) is 0 Å². The molecular weight excluding hydrogens is 150 g/mol. The first-order valence-electron chi connectivity index (χ1n) is 4.35. The molecule has 12 heavy (non-hydrogen) atoms. The molecule has 1 aliphatic rings. The van der Waals surface area contributed by atoms with Gasteiger partial charge in [0, 0.05) is 6.42 Å². The molecule has 1 heterocycles. The van der Waals surface area contributed by atoms with Crippen molar-refractivity contribution in [3.8, 4) is 5.75 Å². The fourth-order valence-corrected chi connectivity index (χ4v) is 1.60. The van der Waals surface area contributed by atoms with Crippen molar-refractivity contribution in [1.82, 2.24) is 0 Å². The molecule has 0 radical (unpaired) electrons. The summed E-state index contributed by atoms with van der Waals surface area (Å²) in [6.45, 7) is 0.707. The maximum atomic E-state index is 5.67. The minimum atomic E-state index is 0.312. The van der Waals surface area contributed by atoms with E-state index in [9.17, 15) is 0 Å². The lowest BCUT2D eigenvalue weighted by Gasteiger charge is -2.07. The van der Waals surface area contributed by atoms with Gasteiger partial charge in [0.15, 0.2) is 0 Å². The second kappa shape index (κ2) is 3.15. The summed E-state index contributed by atoms with van der Waals surface area (Å²) in [6.07, 6.45) is 2.29. The van der Waals surface area contributed by atoms with Crippen LogP contribution in [0, 0.1) is 0 Å². The molecule has 0 aromatic heterocycles. The molecule has 0 aliphatic carbocycles. The Balaban J connectivity index is 2.11. The van der Waals surface area contributed by atoms with Crippen LogP contribution < -0.4 is 10.5 Å². The van der Waals surface area contributed by atoms with E-state index in [0.717, 1.165) is 18.6 Å². The van der Waals surface area contributed by atoms with Gasteiger partial charge in [0.2, 0.25) is 0 Å². The lowest BCUT2D eigenvalue weighted by Crippen LogP contribution is -2.17. The van der Waals surface area contributed by atoms with Crippen molar-refractivity contribution in [2.45, 2.75) is 18.9 Å². The Kier molecular flexibility index (Phi) is 2.00. The number of rotatable bonds is 2. The van der Waals surface area contributed by atoms with Gasteiger partial charge >= 0.3 is 0 Å². The Morgan fingerprint density at radius 1 is 1.42 bits per heavy atom. The van der Waals surface area contributed by atoms with Crippen molar-refractivity contribution >= 4 is 0 Å². The van der Waals surface area contributed by atoms with Gasteiger partial charge in [0.05, 0.1) is 0 Å². The average Bonchev–Trinajstić information content (AvgIpc) is 2.47. The summed E-state index contributed by atoms with van der Waals surface area (Å²) in [7, 11) is 0. The quantitative estimate of drug-likeness (QED) is 0.714. The molecular formula is C10H13NO. The molecule has 64 valence electrons. The van der Waals surface area contributed by atoms with E-state index in [1.807, 2.05) is 18.2 Å². The fraction of sp³-hybridized carbons (Fsp3) is 0.400. The van der Waals surface area contributed by atoms with E-state index < -0.39 is 0 Å². The van der Waals surface area contributed by atoms with Crippen LogP contribution in [0.3, 0.4) is 0 Å².